The van der Waals surface area contributed by atoms with Crippen molar-refractivity contribution in [1.29, 1.82) is 0 Å². The van der Waals surface area contributed by atoms with E-state index < -0.39 is 0 Å². The van der Waals surface area contributed by atoms with Gasteiger partial charge in [-0.1, -0.05) is 31.9 Å². The molecule has 1 aliphatic carbocycles. The summed E-state index contributed by atoms with van der Waals surface area (Å²) in [5, 5.41) is 0.841. The van der Waals surface area contributed by atoms with Crippen LogP contribution in [0.5, 0.6) is 5.75 Å². The van der Waals surface area contributed by atoms with Crippen molar-refractivity contribution in [3.63, 3.8) is 0 Å². The van der Waals surface area contributed by atoms with Gasteiger partial charge < -0.3 is 4.74 Å². The molecule has 1 aromatic carbocycles. The van der Waals surface area contributed by atoms with E-state index in [0.717, 1.165) is 28.1 Å². The highest BCUT2D eigenvalue weighted by Crippen LogP contribution is 2.33. The monoisotopic (exact) mass is 332 g/mol. The summed E-state index contributed by atoms with van der Waals surface area (Å²) in [6.45, 7) is 2.97. The third kappa shape index (κ3) is 2.97. The van der Waals surface area contributed by atoms with Crippen molar-refractivity contribution in [1.82, 2.24) is 0 Å². The first-order chi connectivity index (χ1) is 7.20. The van der Waals surface area contributed by atoms with Crippen LogP contribution >= 0.6 is 31.9 Å². The summed E-state index contributed by atoms with van der Waals surface area (Å²) in [7, 11) is 0. The maximum absolute atomic E-state index is 5.89. The Balaban J connectivity index is 2.17. The quantitative estimate of drug-likeness (QED) is 0.740. The van der Waals surface area contributed by atoms with E-state index in [0.29, 0.717) is 0 Å². The second-order valence-electron chi connectivity index (χ2n) is 4.10. The minimum absolute atomic E-state index is 0.802. The lowest BCUT2D eigenvalue weighted by Crippen LogP contribution is -2.03. The number of rotatable bonds is 4. The summed E-state index contributed by atoms with van der Waals surface area (Å²) in [4.78, 5) is 0. The fraction of sp³-hybridized carbons (Fsp3) is 0.500. The van der Waals surface area contributed by atoms with Gasteiger partial charge in [-0.05, 0) is 43.4 Å². The van der Waals surface area contributed by atoms with E-state index >= 15 is 0 Å². The van der Waals surface area contributed by atoms with E-state index in [1.165, 1.54) is 24.0 Å². The van der Waals surface area contributed by atoms with Crippen molar-refractivity contribution in [2.24, 2.45) is 5.92 Å². The Morgan fingerprint density at radius 1 is 1.40 bits per heavy atom. The maximum atomic E-state index is 5.89. The Morgan fingerprint density at radius 3 is 2.73 bits per heavy atom. The molecule has 1 aromatic rings. The minimum Gasteiger partial charge on any atom is -0.493 e. The van der Waals surface area contributed by atoms with Crippen LogP contribution in [-0.4, -0.2) is 6.61 Å². The van der Waals surface area contributed by atoms with Gasteiger partial charge in [-0.15, -0.1) is 0 Å². The molecular weight excluding hydrogens is 320 g/mol. The predicted molar refractivity (Wildman–Crippen MR) is 69.7 cm³/mol. The van der Waals surface area contributed by atoms with Crippen molar-refractivity contribution in [3.8, 4) is 5.75 Å². The summed E-state index contributed by atoms with van der Waals surface area (Å²) in [5.41, 5.74) is 2.43. The molecule has 2 rings (SSSR count). The van der Waals surface area contributed by atoms with Gasteiger partial charge in [0.1, 0.15) is 5.75 Å². The summed E-state index contributed by atoms with van der Waals surface area (Å²) in [6, 6.07) is 4.22. The number of hydrogen-bond acceptors (Lipinski definition) is 1. The number of halogens is 2. The molecule has 3 heteroatoms. The van der Waals surface area contributed by atoms with Crippen molar-refractivity contribution in [2.45, 2.75) is 25.1 Å². The highest BCUT2D eigenvalue weighted by molar-refractivity contribution is 9.10. The summed E-state index contributed by atoms with van der Waals surface area (Å²) < 4.78 is 7.01. The molecule has 1 aliphatic rings. The molecule has 0 N–H and O–H groups in total. The second kappa shape index (κ2) is 4.88. The van der Waals surface area contributed by atoms with E-state index in [2.05, 4.69) is 50.9 Å². The molecule has 15 heavy (non-hydrogen) atoms. The lowest BCUT2D eigenvalue weighted by atomic mass is 10.1. The van der Waals surface area contributed by atoms with Gasteiger partial charge in [-0.25, -0.2) is 0 Å². The summed E-state index contributed by atoms with van der Waals surface area (Å²) in [6.07, 6.45) is 2.67. The zero-order chi connectivity index (χ0) is 10.8. The van der Waals surface area contributed by atoms with Gasteiger partial charge in [0.15, 0.2) is 0 Å². The first-order valence-corrected chi connectivity index (χ1v) is 7.10. The zero-order valence-electron chi connectivity index (χ0n) is 8.72. The van der Waals surface area contributed by atoms with Gasteiger partial charge in [0.2, 0.25) is 0 Å². The first-order valence-electron chi connectivity index (χ1n) is 5.18. The van der Waals surface area contributed by atoms with Crippen LogP contribution in [0.2, 0.25) is 0 Å². The molecule has 0 bridgehead atoms. The second-order valence-corrected chi connectivity index (χ2v) is 5.58. The van der Waals surface area contributed by atoms with Crippen molar-refractivity contribution < 1.29 is 4.74 Å². The van der Waals surface area contributed by atoms with E-state index in [1.54, 1.807) is 0 Å². The van der Waals surface area contributed by atoms with Crippen LogP contribution in [0.1, 0.15) is 24.0 Å². The first kappa shape index (κ1) is 11.5. The molecule has 0 unspecified atom stereocenters. The van der Waals surface area contributed by atoms with Crippen LogP contribution in [-0.2, 0) is 5.33 Å². The van der Waals surface area contributed by atoms with Crippen LogP contribution in [0.25, 0.3) is 0 Å². The highest BCUT2D eigenvalue weighted by atomic mass is 79.9. The fourth-order valence-electron chi connectivity index (χ4n) is 1.59. The Kier molecular flexibility index (Phi) is 3.73. The SMILES string of the molecule is Cc1cc(Br)cc(CBr)c1OCC1CC1. The topological polar surface area (TPSA) is 9.23 Å². The lowest BCUT2D eigenvalue weighted by Gasteiger charge is -2.13. The smallest absolute Gasteiger partial charge is 0.126 e. The van der Waals surface area contributed by atoms with Crippen molar-refractivity contribution in [3.05, 3.63) is 27.7 Å². The molecule has 1 nitrogen and oxygen atoms in total. The van der Waals surface area contributed by atoms with Gasteiger partial charge in [0.05, 0.1) is 6.61 Å². The van der Waals surface area contributed by atoms with E-state index in [1.807, 2.05) is 0 Å². The fourth-order valence-corrected chi connectivity index (χ4v) is 2.63. The van der Waals surface area contributed by atoms with Crippen LogP contribution in [0.4, 0.5) is 0 Å². The van der Waals surface area contributed by atoms with Gasteiger partial charge in [0.25, 0.3) is 0 Å². The van der Waals surface area contributed by atoms with Crippen LogP contribution in [0.15, 0.2) is 16.6 Å². The lowest BCUT2D eigenvalue weighted by molar-refractivity contribution is 0.295. The predicted octanol–water partition coefficient (Wildman–Crippen LogP) is 4.44. The van der Waals surface area contributed by atoms with Gasteiger partial charge in [-0.3, -0.25) is 0 Å². The summed E-state index contributed by atoms with van der Waals surface area (Å²) >= 11 is 7.00. The number of hydrogen-bond donors (Lipinski definition) is 0. The Bertz CT molecular complexity index is 359. The van der Waals surface area contributed by atoms with Crippen LogP contribution < -0.4 is 4.74 Å². The average Bonchev–Trinajstić information content (AvgIpc) is 2.99. The van der Waals surface area contributed by atoms with E-state index in [4.69, 9.17) is 4.74 Å². The molecule has 0 spiro atoms. The third-order valence-corrected chi connectivity index (χ3v) is 3.68. The van der Waals surface area contributed by atoms with Crippen LogP contribution in [0, 0.1) is 12.8 Å². The Hall–Kier alpha value is -0.0200. The largest absolute Gasteiger partial charge is 0.493 e. The molecular formula is C12H14Br2O. The average molecular weight is 334 g/mol. The molecule has 0 atom stereocenters. The Morgan fingerprint density at radius 2 is 2.13 bits per heavy atom. The third-order valence-electron chi connectivity index (χ3n) is 2.62. The standard InChI is InChI=1S/C12H14Br2O/c1-8-4-11(14)5-10(6-13)12(8)15-7-9-2-3-9/h4-5,9H,2-3,6-7H2,1H3. The van der Waals surface area contributed by atoms with E-state index in [9.17, 15) is 0 Å². The zero-order valence-corrected chi connectivity index (χ0v) is 11.9. The van der Waals surface area contributed by atoms with E-state index in [-0.39, 0.29) is 0 Å². The number of aryl methyl sites for hydroxylation is 1. The molecule has 0 heterocycles. The van der Waals surface area contributed by atoms with Crippen LogP contribution in [0.3, 0.4) is 0 Å². The normalized spacial score (nSPS) is 15.4. The summed E-state index contributed by atoms with van der Waals surface area (Å²) in [5.74, 6) is 1.86. The molecule has 0 aliphatic heterocycles. The van der Waals surface area contributed by atoms with Crippen molar-refractivity contribution >= 4 is 31.9 Å². The number of alkyl halides is 1. The maximum Gasteiger partial charge on any atom is 0.126 e. The molecule has 0 saturated heterocycles. The molecule has 1 saturated carbocycles. The van der Waals surface area contributed by atoms with Gasteiger partial charge >= 0.3 is 0 Å². The van der Waals surface area contributed by atoms with Gasteiger partial charge in [-0.2, -0.15) is 0 Å². The molecule has 0 aromatic heterocycles. The Labute approximate surface area is 107 Å². The molecule has 82 valence electrons. The molecule has 1 fully saturated rings. The van der Waals surface area contributed by atoms with Crippen molar-refractivity contribution in [2.75, 3.05) is 6.61 Å². The minimum atomic E-state index is 0.802. The van der Waals surface area contributed by atoms with Gasteiger partial charge in [0, 0.05) is 15.4 Å². The number of benzene rings is 1. The molecule has 0 amide bonds. The molecule has 0 radical (unpaired) electrons. The highest BCUT2D eigenvalue weighted by Gasteiger charge is 2.22. The number of ether oxygens (including phenoxy) is 1.